The summed E-state index contributed by atoms with van der Waals surface area (Å²) in [5.74, 6) is -1.69. The lowest BCUT2D eigenvalue weighted by Crippen LogP contribution is -2.50. The Morgan fingerprint density at radius 1 is 1.10 bits per heavy atom. The van der Waals surface area contributed by atoms with Crippen LogP contribution in [0.1, 0.15) is 25.0 Å². The third kappa shape index (κ3) is 2.67. The summed E-state index contributed by atoms with van der Waals surface area (Å²) < 4.78 is 39.8. The molecule has 1 saturated heterocycles. The van der Waals surface area contributed by atoms with Crippen molar-refractivity contribution in [2.24, 2.45) is 0 Å². The molecule has 2 atom stereocenters. The first-order chi connectivity index (χ1) is 13.6. The predicted octanol–water partition coefficient (Wildman–Crippen LogP) is 3.92. The highest BCUT2D eigenvalue weighted by atomic mass is 32.2. The minimum Gasteiger partial charge on any atom is -0.283 e. The Morgan fingerprint density at radius 3 is 2.45 bits per heavy atom. The molecule has 9 heteroatoms. The van der Waals surface area contributed by atoms with Gasteiger partial charge in [-0.3, -0.25) is 19.3 Å². The molecule has 0 aliphatic carbocycles. The van der Waals surface area contributed by atoms with E-state index in [9.17, 15) is 27.6 Å². The number of hydrogen-bond acceptors (Lipinski definition) is 4. The molecule has 2 aliphatic heterocycles. The maximum absolute atomic E-state index is 13.5. The SMILES string of the molecule is CC(=O)N1C(=O)C2(SC(C)C(=O)N2c2cccc(C(F)(F)F)c2)c2ccccc21. The van der Waals surface area contributed by atoms with Gasteiger partial charge in [-0.2, -0.15) is 13.2 Å². The molecule has 0 saturated carbocycles. The number of hydrogen-bond donors (Lipinski definition) is 0. The number of benzene rings is 2. The second kappa shape index (κ2) is 6.35. The molecular formula is C20H15F3N2O3S. The van der Waals surface area contributed by atoms with Crippen molar-refractivity contribution < 1.29 is 27.6 Å². The molecule has 1 spiro atoms. The van der Waals surface area contributed by atoms with Gasteiger partial charge in [-0.05, 0) is 31.2 Å². The molecule has 3 amide bonds. The summed E-state index contributed by atoms with van der Waals surface area (Å²) in [5, 5.41) is -0.687. The molecule has 29 heavy (non-hydrogen) atoms. The van der Waals surface area contributed by atoms with Gasteiger partial charge in [0.2, 0.25) is 16.7 Å². The highest BCUT2D eigenvalue weighted by molar-refractivity contribution is 8.03. The Bertz CT molecular complexity index is 1060. The van der Waals surface area contributed by atoms with E-state index in [1.54, 1.807) is 31.2 Å². The zero-order chi connectivity index (χ0) is 21.1. The first-order valence-corrected chi connectivity index (χ1v) is 9.61. The van der Waals surface area contributed by atoms with E-state index in [1.807, 2.05) is 0 Å². The summed E-state index contributed by atoms with van der Waals surface area (Å²) >= 11 is 1.02. The number of anilines is 2. The highest BCUT2D eigenvalue weighted by Crippen LogP contribution is 2.58. The fourth-order valence-corrected chi connectivity index (χ4v) is 5.31. The third-order valence-electron chi connectivity index (χ3n) is 4.98. The first-order valence-electron chi connectivity index (χ1n) is 8.73. The monoisotopic (exact) mass is 420 g/mol. The van der Waals surface area contributed by atoms with E-state index in [-0.39, 0.29) is 5.69 Å². The Kier molecular flexibility index (Phi) is 4.27. The molecule has 4 rings (SSSR count). The van der Waals surface area contributed by atoms with Gasteiger partial charge in [0.15, 0.2) is 0 Å². The number of halogens is 3. The maximum Gasteiger partial charge on any atom is 0.416 e. The smallest absolute Gasteiger partial charge is 0.283 e. The molecule has 0 bridgehead atoms. The van der Waals surface area contributed by atoms with Gasteiger partial charge in [0, 0.05) is 18.2 Å². The van der Waals surface area contributed by atoms with Gasteiger partial charge in [-0.25, -0.2) is 4.90 Å². The number of fused-ring (bicyclic) bond motifs is 2. The van der Waals surface area contributed by atoms with Gasteiger partial charge in [0.1, 0.15) is 0 Å². The van der Waals surface area contributed by atoms with E-state index >= 15 is 0 Å². The van der Waals surface area contributed by atoms with Crippen molar-refractivity contribution in [3.05, 3.63) is 59.7 Å². The standard InChI is InChI=1S/C20H15F3N2O3S/c1-11-17(27)25(14-7-5-6-13(10-14)20(21,22)23)19(29-11)15-8-3-4-9-16(15)24(12(2)26)18(19)28/h3-11H,1-2H3. The quantitative estimate of drug-likeness (QED) is 0.702. The molecule has 2 unspecified atom stereocenters. The first kappa shape index (κ1) is 19.5. The van der Waals surface area contributed by atoms with Crippen LogP contribution in [-0.4, -0.2) is 23.0 Å². The molecule has 0 radical (unpaired) electrons. The fraction of sp³-hybridized carbons (Fsp3) is 0.250. The largest absolute Gasteiger partial charge is 0.416 e. The molecule has 0 aromatic heterocycles. The number of amides is 3. The van der Waals surface area contributed by atoms with Crippen LogP contribution in [-0.2, 0) is 25.4 Å². The summed E-state index contributed by atoms with van der Waals surface area (Å²) in [6, 6.07) is 10.8. The van der Waals surface area contributed by atoms with E-state index < -0.39 is 39.6 Å². The van der Waals surface area contributed by atoms with Crippen LogP contribution in [0.4, 0.5) is 24.5 Å². The number of carbonyl (C=O) groups is 3. The number of thioether (sulfide) groups is 1. The average Bonchev–Trinajstić information content (AvgIpc) is 3.06. The normalized spacial score (nSPS) is 23.8. The molecule has 1 fully saturated rings. The van der Waals surface area contributed by atoms with Gasteiger partial charge >= 0.3 is 6.18 Å². The predicted molar refractivity (Wildman–Crippen MR) is 102 cm³/mol. The zero-order valence-corrected chi connectivity index (χ0v) is 16.2. The van der Waals surface area contributed by atoms with Crippen LogP contribution in [0.5, 0.6) is 0 Å². The minimum absolute atomic E-state index is 0.0461. The number of para-hydroxylation sites is 1. The molecular weight excluding hydrogens is 405 g/mol. The van der Waals surface area contributed by atoms with E-state index in [0.29, 0.717) is 11.3 Å². The van der Waals surface area contributed by atoms with E-state index in [2.05, 4.69) is 0 Å². The number of nitrogens with zero attached hydrogens (tertiary/aromatic N) is 2. The molecule has 2 aliphatic rings. The van der Waals surface area contributed by atoms with Crippen LogP contribution >= 0.6 is 11.8 Å². The number of rotatable bonds is 1. The van der Waals surface area contributed by atoms with Crippen LogP contribution in [0.15, 0.2) is 48.5 Å². The van der Waals surface area contributed by atoms with E-state index in [4.69, 9.17) is 0 Å². The van der Waals surface area contributed by atoms with Crippen LogP contribution in [0.2, 0.25) is 0 Å². The Morgan fingerprint density at radius 2 is 1.79 bits per heavy atom. The van der Waals surface area contributed by atoms with Gasteiger partial charge in [0.25, 0.3) is 5.91 Å². The Hall–Kier alpha value is -2.81. The average molecular weight is 420 g/mol. The summed E-state index contributed by atoms with van der Waals surface area (Å²) in [6.45, 7) is 2.82. The minimum atomic E-state index is -4.60. The van der Waals surface area contributed by atoms with Crippen LogP contribution in [0, 0.1) is 0 Å². The summed E-state index contributed by atoms with van der Waals surface area (Å²) in [6.07, 6.45) is -4.60. The molecule has 0 N–H and O–H groups in total. The molecule has 5 nitrogen and oxygen atoms in total. The van der Waals surface area contributed by atoms with Crippen molar-refractivity contribution in [1.82, 2.24) is 0 Å². The maximum atomic E-state index is 13.5. The number of imide groups is 1. The zero-order valence-electron chi connectivity index (χ0n) is 15.4. The van der Waals surface area contributed by atoms with Crippen molar-refractivity contribution in [3.63, 3.8) is 0 Å². The van der Waals surface area contributed by atoms with Crippen LogP contribution < -0.4 is 9.80 Å². The van der Waals surface area contributed by atoms with Crippen molar-refractivity contribution in [1.29, 1.82) is 0 Å². The molecule has 2 aromatic carbocycles. The topological polar surface area (TPSA) is 57.7 Å². The van der Waals surface area contributed by atoms with Gasteiger partial charge in [-0.15, -0.1) is 11.8 Å². The summed E-state index contributed by atoms with van der Waals surface area (Å²) in [4.78, 5) is 39.1. The van der Waals surface area contributed by atoms with Crippen molar-refractivity contribution >= 4 is 40.9 Å². The van der Waals surface area contributed by atoms with Gasteiger partial charge < -0.3 is 0 Å². The van der Waals surface area contributed by atoms with Gasteiger partial charge in [0.05, 0.1) is 16.5 Å². The summed E-state index contributed by atoms with van der Waals surface area (Å²) in [7, 11) is 0. The Balaban J connectivity index is 1.97. The van der Waals surface area contributed by atoms with Crippen molar-refractivity contribution in [2.75, 3.05) is 9.80 Å². The molecule has 150 valence electrons. The van der Waals surface area contributed by atoms with E-state index in [0.717, 1.165) is 33.7 Å². The van der Waals surface area contributed by atoms with Crippen molar-refractivity contribution in [2.45, 2.75) is 30.1 Å². The Labute approximate surface area is 168 Å². The van der Waals surface area contributed by atoms with E-state index in [1.165, 1.54) is 19.1 Å². The lowest BCUT2D eigenvalue weighted by atomic mass is 10.0. The second-order valence-electron chi connectivity index (χ2n) is 6.80. The fourth-order valence-electron chi connectivity index (χ4n) is 3.80. The van der Waals surface area contributed by atoms with Gasteiger partial charge in [-0.1, -0.05) is 24.3 Å². The molecule has 2 aromatic rings. The number of alkyl halides is 3. The second-order valence-corrected chi connectivity index (χ2v) is 8.34. The number of carbonyl (C=O) groups excluding carboxylic acids is 3. The summed E-state index contributed by atoms with van der Waals surface area (Å²) in [5.41, 5.74) is -0.239. The molecule has 2 heterocycles. The van der Waals surface area contributed by atoms with Crippen LogP contribution in [0.25, 0.3) is 0 Å². The lowest BCUT2D eigenvalue weighted by molar-refractivity contribution is -0.137. The van der Waals surface area contributed by atoms with Crippen LogP contribution in [0.3, 0.4) is 0 Å². The third-order valence-corrected chi connectivity index (χ3v) is 6.45. The highest BCUT2D eigenvalue weighted by Gasteiger charge is 2.64. The lowest BCUT2D eigenvalue weighted by Gasteiger charge is -2.33. The van der Waals surface area contributed by atoms with Crippen molar-refractivity contribution in [3.8, 4) is 0 Å².